The molecule has 1 aromatic heterocycles. The number of nitrogens with zero attached hydrogens (tertiary/aromatic N) is 1. The average Bonchev–Trinajstić information content (AvgIpc) is 2.82. The van der Waals surface area contributed by atoms with E-state index in [1.54, 1.807) is 0 Å². The summed E-state index contributed by atoms with van der Waals surface area (Å²) in [4.78, 5) is 14.9. The molecule has 1 atom stereocenters. The van der Waals surface area contributed by atoms with Gasteiger partial charge in [0.15, 0.2) is 6.29 Å². The van der Waals surface area contributed by atoms with Crippen LogP contribution in [-0.2, 0) is 0 Å². The molecule has 0 saturated heterocycles. The number of hydrogen-bond acceptors (Lipinski definition) is 4. The van der Waals surface area contributed by atoms with Gasteiger partial charge in [-0.15, -0.1) is 11.3 Å². The van der Waals surface area contributed by atoms with Crippen molar-refractivity contribution in [1.29, 1.82) is 0 Å². The van der Waals surface area contributed by atoms with Crippen LogP contribution in [0.3, 0.4) is 0 Å². The van der Waals surface area contributed by atoms with E-state index in [2.05, 4.69) is 4.98 Å². The average molecular weight is 183 g/mol. The highest BCUT2D eigenvalue weighted by atomic mass is 32.1. The van der Waals surface area contributed by atoms with Crippen molar-refractivity contribution in [1.82, 2.24) is 4.98 Å². The maximum absolute atomic E-state index is 10.3. The van der Waals surface area contributed by atoms with Gasteiger partial charge in [-0.1, -0.05) is 0 Å². The van der Waals surface area contributed by atoms with Crippen LogP contribution >= 0.6 is 11.3 Å². The molecule has 1 heterocycles. The van der Waals surface area contributed by atoms with Crippen LogP contribution in [0, 0.1) is 5.92 Å². The number of carbonyl (C=O) groups is 1. The third kappa shape index (κ3) is 1.40. The summed E-state index contributed by atoms with van der Waals surface area (Å²) >= 11 is 1.28. The Hall–Kier alpha value is -0.740. The van der Waals surface area contributed by atoms with Crippen LogP contribution in [0.4, 0.5) is 0 Å². The summed E-state index contributed by atoms with van der Waals surface area (Å²) in [5.41, 5.74) is 0. The molecule has 1 N–H and O–H groups in total. The Bertz CT molecular complexity index is 293. The molecule has 1 aliphatic rings. The van der Waals surface area contributed by atoms with Crippen LogP contribution < -0.4 is 0 Å². The van der Waals surface area contributed by atoms with Crippen LogP contribution in [-0.4, -0.2) is 16.4 Å². The second-order valence-corrected chi connectivity index (χ2v) is 4.09. The van der Waals surface area contributed by atoms with Crippen LogP contribution in [0.15, 0.2) is 6.20 Å². The number of aliphatic hydroxyl groups is 1. The van der Waals surface area contributed by atoms with Gasteiger partial charge in [0, 0.05) is 6.20 Å². The molecule has 0 bridgehead atoms. The number of aliphatic hydroxyl groups excluding tert-OH is 1. The van der Waals surface area contributed by atoms with E-state index in [-0.39, 0.29) is 0 Å². The lowest BCUT2D eigenvalue weighted by Gasteiger charge is -2.02. The van der Waals surface area contributed by atoms with E-state index in [1.165, 1.54) is 17.5 Å². The molecular weight excluding hydrogens is 174 g/mol. The minimum atomic E-state index is -0.441. The SMILES string of the molecule is O=Cc1cnc(C(O)C2CC2)s1. The molecule has 0 spiro atoms. The first-order chi connectivity index (χ1) is 5.81. The Kier molecular flexibility index (Phi) is 1.94. The molecule has 0 aliphatic heterocycles. The fraction of sp³-hybridized carbons (Fsp3) is 0.500. The van der Waals surface area contributed by atoms with Crippen LogP contribution in [0.1, 0.15) is 33.6 Å². The minimum absolute atomic E-state index is 0.385. The summed E-state index contributed by atoms with van der Waals surface area (Å²) < 4.78 is 0. The van der Waals surface area contributed by atoms with Gasteiger partial charge in [0.25, 0.3) is 0 Å². The zero-order valence-electron chi connectivity index (χ0n) is 6.43. The van der Waals surface area contributed by atoms with E-state index in [0.29, 0.717) is 15.8 Å². The Morgan fingerprint density at radius 3 is 3.00 bits per heavy atom. The second-order valence-electron chi connectivity index (χ2n) is 3.00. The van der Waals surface area contributed by atoms with E-state index in [0.717, 1.165) is 19.1 Å². The lowest BCUT2D eigenvalue weighted by atomic mass is 10.2. The second kappa shape index (κ2) is 2.95. The molecule has 12 heavy (non-hydrogen) atoms. The predicted molar refractivity (Wildman–Crippen MR) is 45.2 cm³/mol. The monoisotopic (exact) mass is 183 g/mol. The van der Waals surface area contributed by atoms with Crippen molar-refractivity contribution >= 4 is 17.6 Å². The number of thiazole rings is 1. The van der Waals surface area contributed by atoms with E-state index >= 15 is 0 Å². The first kappa shape index (κ1) is 7.89. The highest BCUT2D eigenvalue weighted by Gasteiger charge is 2.32. The largest absolute Gasteiger partial charge is 0.386 e. The third-order valence-corrected chi connectivity index (χ3v) is 2.97. The summed E-state index contributed by atoms with van der Waals surface area (Å²) in [5, 5.41) is 10.3. The Morgan fingerprint density at radius 1 is 1.75 bits per heavy atom. The lowest BCUT2D eigenvalue weighted by Crippen LogP contribution is -1.97. The molecule has 1 saturated carbocycles. The molecule has 0 aromatic carbocycles. The van der Waals surface area contributed by atoms with Gasteiger partial charge in [-0.2, -0.15) is 0 Å². The molecule has 1 unspecified atom stereocenters. The lowest BCUT2D eigenvalue weighted by molar-refractivity contribution is 0.112. The van der Waals surface area contributed by atoms with Gasteiger partial charge in [-0.05, 0) is 18.8 Å². The molecule has 3 nitrogen and oxygen atoms in total. The zero-order chi connectivity index (χ0) is 8.55. The smallest absolute Gasteiger partial charge is 0.161 e. The maximum atomic E-state index is 10.3. The number of aldehydes is 1. The minimum Gasteiger partial charge on any atom is -0.386 e. The Labute approximate surface area is 74.1 Å². The topological polar surface area (TPSA) is 50.2 Å². The number of aromatic nitrogens is 1. The number of hydrogen-bond donors (Lipinski definition) is 1. The van der Waals surface area contributed by atoms with Crippen LogP contribution in [0.25, 0.3) is 0 Å². The van der Waals surface area contributed by atoms with E-state index in [4.69, 9.17) is 0 Å². The highest BCUT2D eigenvalue weighted by Crippen LogP contribution is 2.41. The van der Waals surface area contributed by atoms with Crippen LogP contribution in [0.5, 0.6) is 0 Å². The van der Waals surface area contributed by atoms with Gasteiger partial charge < -0.3 is 5.11 Å². The van der Waals surface area contributed by atoms with Crippen molar-refractivity contribution in [2.75, 3.05) is 0 Å². The van der Waals surface area contributed by atoms with Gasteiger partial charge in [0.1, 0.15) is 11.1 Å². The zero-order valence-corrected chi connectivity index (χ0v) is 7.25. The van der Waals surface area contributed by atoms with Crippen molar-refractivity contribution in [2.45, 2.75) is 18.9 Å². The maximum Gasteiger partial charge on any atom is 0.161 e. The standard InChI is InChI=1S/C8H9NO2S/c10-4-6-3-9-8(12-6)7(11)5-1-2-5/h3-5,7,11H,1-2H2. The predicted octanol–water partition coefficient (Wildman–Crippen LogP) is 1.40. The van der Waals surface area contributed by atoms with Gasteiger partial charge in [0.05, 0.1) is 4.88 Å². The van der Waals surface area contributed by atoms with Gasteiger partial charge in [-0.3, -0.25) is 4.79 Å². The summed E-state index contributed by atoms with van der Waals surface area (Å²) in [6.07, 6.45) is 4.00. The summed E-state index contributed by atoms with van der Waals surface area (Å²) in [6, 6.07) is 0. The summed E-state index contributed by atoms with van der Waals surface area (Å²) in [5.74, 6) is 0.385. The first-order valence-electron chi connectivity index (χ1n) is 3.90. The van der Waals surface area contributed by atoms with Gasteiger partial charge >= 0.3 is 0 Å². The van der Waals surface area contributed by atoms with E-state index in [1.807, 2.05) is 0 Å². The van der Waals surface area contributed by atoms with Gasteiger partial charge in [0.2, 0.25) is 0 Å². The molecule has 4 heteroatoms. The summed E-state index contributed by atoms with van der Waals surface area (Å²) in [6.45, 7) is 0. The molecular formula is C8H9NO2S. The normalized spacial score (nSPS) is 19.1. The Morgan fingerprint density at radius 2 is 2.50 bits per heavy atom. The van der Waals surface area contributed by atoms with Crippen molar-refractivity contribution < 1.29 is 9.90 Å². The molecule has 0 radical (unpaired) electrons. The molecule has 1 aromatic rings. The molecule has 2 rings (SSSR count). The highest BCUT2D eigenvalue weighted by molar-refractivity contribution is 7.13. The Balaban J connectivity index is 2.15. The van der Waals surface area contributed by atoms with Gasteiger partial charge in [-0.25, -0.2) is 4.98 Å². The van der Waals surface area contributed by atoms with Crippen molar-refractivity contribution in [2.24, 2.45) is 5.92 Å². The van der Waals surface area contributed by atoms with Crippen molar-refractivity contribution in [3.63, 3.8) is 0 Å². The number of carbonyl (C=O) groups excluding carboxylic acids is 1. The molecule has 64 valence electrons. The quantitative estimate of drug-likeness (QED) is 0.720. The summed E-state index contributed by atoms with van der Waals surface area (Å²) in [7, 11) is 0. The van der Waals surface area contributed by atoms with E-state index in [9.17, 15) is 9.90 Å². The fourth-order valence-electron chi connectivity index (χ4n) is 1.11. The first-order valence-corrected chi connectivity index (χ1v) is 4.72. The fourth-order valence-corrected chi connectivity index (χ4v) is 1.92. The molecule has 0 amide bonds. The molecule has 1 fully saturated rings. The third-order valence-electron chi connectivity index (χ3n) is 1.98. The molecule has 1 aliphatic carbocycles. The van der Waals surface area contributed by atoms with Crippen molar-refractivity contribution in [3.8, 4) is 0 Å². The number of rotatable bonds is 3. The van der Waals surface area contributed by atoms with E-state index < -0.39 is 6.10 Å². The van der Waals surface area contributed by atoms with Crippen molar-refractivity contribution in [3.05, 3.63) is 16.1 Å². The van der Waals surface area contributed by atoms with Crippen LogP contribution in [0.2, 0.25) is 0 Å².